The summed E-state index contributed by atoms with van der Waals surface area (Å²) < 4.78 is 5.76. The zero-order valence-electron chi connectivity index (χ0n) is 11.0. The fourth-order valence-electron chi connectivity index (χ4n) is 2.04. The number of carboxylic acid groups (broad SMARTS) is 1. The van der Waals surface area contributed by atoms with Crippen molar-refractivity contribution < 1.29 is 19.4 Å². The van der Waals surface area contributed by atoms with Crippen molar-refractivity contribution in [2.75, 3.05) is 13.2 Å². The Morgan fingerprint density at radius 1 is 1.48 bits per heavy atom. The molecule has 2 unspecified atom stereocenters. The van der Waals surface area contributed by atoms with Gasteiger partial charge < -0.3 is 15.2 Å². The van der Waals surface area contributed by atoms with Crippen LogP contribution in [0.2, 0.25) is 10.0 Å². The van der Waals surface area contributed by atoms with E-state index in [1.54, 1.807) is 13.0 Å². The first-order chi connectivity index (χ1) is 9.75. The number of carboxylic acids is 1. The summed E-state index contributed by atoms with van der Waals surface area (Å²) in [6.07, 6.45) is 0. The Morgan fingerprint density at radius 2 is 2.14 bits per heavy atom. The van der Waals surface area contributed by atoms with Gasteiger partial charge in [0.15, 0.2) is 0 Å². The van der Waals surface area contributed by atoms with Crippen molar-refractivity contribution in [3.05, 3.63) is 31.3 Å². The summed E-state index contributed by atoms with van der Waals surface area (Å²) >= 11 is 13.8. The lowest BCUT2D eigenvalue weighted by Crippen LogP contribution is -2.49. The van der Waals surface area contributed by atoms with Gasteiger partial charge in [-0.25, -0.2) is 0 Å². The summed E-state index contributed by atoms with van der Waals surface area (Å²) in [6.45, 7) is 1.75. The number of hydrogen-bond donors (Lipinski definition) is 2. The van der Waals surface area contributed by atoms with Crippen molar-refractivity contribution in [2.24, 2.45) is 5.41 Å². The van der Waals surface area contributed by atoms with Crippen LogP contribution in [0, 0.1) is 8.99 Å². The van der Waals surface area contributed by atoms with Gasteiger partial charge in [0.1, 0.15) is 5.41 Å². The fraction of sp³-hybridized carbons (Fsp3) is 0.385. The van der Waals surface area contributed by atoms with Crippen LogP contribution in [0.15, 0.2) is 12.1 Å². The first kappa shape index (κ1) is 16.8. The molecule has 0 radical (unpaired) electrons. The van der Waals surface area contributed by atoms with Crippen molar-refractivity contribution in [3.8, 4) is 0 Å². The SMILES string of the molecule is CC1(C(=O)O)COCC1NC(=O)c1cc(Cl)cc(Cl)c1I. The molecule has 114 valence electrons. The molecule has 1 amide bonds. The molecule has 0 spiro atoms. The molecule has 0 aliphatic carbocycles. The van der Waals surface area contributed by atoms with Gasteiger partial charge in [-0.3, -0.25) is 9.59 Å². The molecule has 1 saturated heterocycles. The van der Waals surface area contributed by atoms with E-state index in [1.807, 2.05) is 22.6 Å². The monoisotopic (exact) mass is 443 g/mol. The largest absolute Gasteiger partial charge is 0.481 e. The third kappa shape index (κ3) is 3.28. The summed E-state index contributed by atoms with van der Waals surface area (Å²) in [4.78, 5) is 23.7. The highest BCUT2D eigenvalue weighted by Crippen LogP contribution is 2.30. The van der Waals surface area contributed by atoms with Crippen LogP contribution in [0.1, 0.15) is 17.3 Å². The van der Waals surface area contributed by atoms with E-state index >= 15 is 0 Å². The van der Waals surface area contributed by atoms with Crippen LogP contribution in [0.3, 0.4) is 0 Å². The molecule has 0 bridgehead atoms. The molecule has 1 aromatic rings. The lowest BCUT2D eigenvalue weighted by molar-refractivity contribution is -0.148. The standard InChI is InChI=1S/C13H12Cl2INO4/c1-13(12(19)20)5-21-4-9(13)17-11(18)7-2-6(14)3-8(15)10(7)16/h2-3,9H,4-5H2,1H3,(H,17,18)(H,19,20). The average molecular weight is 444 g/mol. The van der Waals surface area contributed by atoms with Gasteiger partial charge in [-0.2, -0.15) is 0 Å². The second-order valence-corrected chi connectivity index (χ2v) is 6.94. The Morgan fingerprint density at radius 3 is 2.76 bits per heavy atom. The number of aliphatic carboxylic acids is 1. The van der Waals surface area contributed by atoms with E-state index < -0.39 is 23.3 Å². The molecule has 21 heavy (non-hydrogen) atoms. The summed E-state index contributed by atoms with van der Waals surface area (Å²) in [5, 5.41) is 12.7. The average Bonchev–Trinajstić information content (AvgIpc) is 2.76. The maximum atomic E-state index is 12.4. The minimum atomic E-state index is -1.15. The molecule has 1 fully saturated rings. The number of benzene rings is 1. The number of amides is 1. The summed E-state index contributed by atoms with van der Waals surface area (Å²) in [5.74, 6) is -1.43. The number of carbonyl (C=O) groups is 2. The van der Waals surface area contributed by atoms with Crippen molar-refractivity contribution in [3.63, 3.8) is 0 Å². The summed E-state index contributed by atoms with van der Waals surface area (Å²) in [5.41, 5.74) is -0.837. The summed E-state index contributed by atoms with van der Waals surface area (Å²) in [6, 6.07) is 2.43. The topological polar surface area (TPSA) is 75.6 Å². The van der Waals surface area contributed by atoms with E-state index in [1.165, 1.54) is 6.07 Å². The molecule has 5 nitrogen and oxygen atoms in total. The highest BCUT2D eigenvalue weighted by atomic mass is 127. The third-order valence-electron chi connectivity index (χ3n) is 3.49. The van der Waals surface area contributed by atoms with Gasteiger partial charge in [-0.1, -0.05) is 23.2 Å². The molecule has 1 heterocycles. The van der Waals surface area contributed by atoms with Crippen LogP contribution >= 0.6 is 45.8 Å². The maximum Gasteiger partial charge on any atom is 0.313 e. The van der Waals surface area contributed by atoms with E-state index in [2.05, 4.69) is 5.32 Å². The Bertz CT molecular complexity index is 610. The number of hydrogen-bond acceptors (Lipinski definition) is 3. The lowest BCUT2D eigenvalue weighted by atomic mass is 9.85. The fourth-order valence-corrected chi connectivity index (χ4v) is 3.09. The van der Waals surface area contributed by atoms with Gasteiger partial charge in [-0.05, 0) is 41.6 Å². The molecular weight excluding hydrogens is 432 g/mol. The van der Waals surface area contributed by atoms with Crippen molar-refractivity contribution in [1.82, 2.24) is 5.32 Å². The van der Waals surface area contributed by atoms with Crippen LogP contribution in [0.4, 0.5) is 0 Å². The Kier molecular flexibility index (Phi) is 5.02. The second kappa shape index (κ2) is 6.28. The Labute approximate surface area is 145 Å². The van der Waals surface area contributed by atoms with Gasteiger partial charge in [0, 0.05) is 8.59 Å². The molecule has 2 rings (SSSR count). The van der Waals surface area contributed by atoms with E-state index in [0.717, 1.165) is 0 Å². The first-order valence-electron chi connectivity index (χ1n) is 6.02. The number of nitrogens with one attached hydrogen (secondary N) is 1. The highest BCUT2D eigenvalue weighted by molar-refractivity contribution is 14.1. The third-order valence-corrected chi connectivity index (χ3v) is 5.48. The second-order valence-electron chi connectivity index (χ2n) is 5.01. The van der Waals surface area contributed by atoms with Gasteiger partial charge in [-0.15, -0.1) is 0 Å². The molecule has 2 N–H and O–H groups in total. The normalized spacial score (nSPS) is 24.9. The smallest absolute Gasteiger partial charge is 0.313 e. The van der Waals surface area contributed by atoms with Gasteiger partial charge >= 0.3 is 5.97 Å². The zero-order chi connectivity index (χ0) is 15.8. The van der Waals surface area contributed by atoms with Crippen LogP contribution in [0.25, 0.3) is 0 Å². The molecule has 1 aliphatic heterocycles. The quantitative estimate of drug-likeness (QED) is 0.556. The molecule has 1 aromatic carbocycles. The zero-order valence-corrected chi connectivity index (χ0v) is 14.6. The molecule has 2 atom stereocenters. The van der Waals surface area contributed by atoms with E-state index in [9.17, 15) is 14.7 Å². The van der Waals surface area contributed by atoms with Crippen LogP contribution < -0.4 is 5.32 Å². The van der Waals surface area contributed by atoms with Crippen molar-refractivity contribution in [1.29, 1.82) is 0 Å². The van der Waals surface area contributed by atoms with Crippen molar-refractivity contribution in [2.45, 2.75) is 13.0 Å². The Hall–Kier alpha value is -0.570. The van der Waals surface area contributed by atoms with Gasteiger partial charge in [0.05, 0.1) is 29.8 Å². The molecule has 0 aromatic heterocycles. The van der Waals surface area contributed by atoms with Gasteiger partial charge in [0.2, 0.25) is 0 Å². The maximum absolute atomic E-state index is 12.4. The summed E-state index contributed by atoms with van der Waals surface area (Å²) in [7, 11) is 0. The van der Waals surface area contributed by atoms with E-state index in [0.29, 0.717) is 19.2 Å². The van der Waals surface area contributed by atoms with Crippen LogP contribution in [-0.2, 0) is 9.53 Å². The Balaban J connectivity index is 2.25. The number of halogens is 3. The lowest BCUT2D eigenvalue weighted by Gasteiger charge is -2.25. The minimum Gasteiger partial charge on any atom is -0.481 e. The predicted octanol–water partition coefficient (Wildman–Crippen LogP) is 2.82. The number of ether oxygens (including phenoxy) is 1. The van der Waals surface area contributed by atoms with E-state index in [4.69, 9.17) is 27.9 Å². The predicted molar refractivity (Wildman–Crippen MR) is 87.0 cm³/mol. The number of rotatable bonds is 3. The molecule has 0 saturated carbocycles. The molecule has 8 heteroatoms. The van der Waals surface area contributed by atoms with Crippen LogP contribution in [0.5, 0.6) is 0 Å². The van der Waals surface area contributed by atoms with Gasteiger partial charge in [0.25, 0.3) is 5.91 Å². The number of carbonyl (C=O) groups excluding carboxylic acids is 1. The highest BCUT2D eigenvalue weighted by Gasteiger charge is 2.47. The molecule has 1 aliphatic rings. The van der Waals surface area contributed by atoms with Crippen molar-refractivity contribution >= 4 is 57.7 Å². The molecular formula is C13H12Cl2INO4. The van der Waals surface area contributed by atoms with E-state index in [-0.39, 0.29) is 13.2 Å². The van der Waals surface area contributed by atoms with Crippen LogP contribution in [-0.4, -0.2) is 36.2 Å². The minimum absolute atomic E-state index is 0.0562. The first-order valence-corrected chi connectivity index (χ1v) is 7.85.